The van der Waals surface area contributed by atoms with Crippen LogP contribution in [0.5, 0.6) is 0 Å². The van der Waals surface area contributed by atoms with Crippen LogP contribution in [-0.4, -0.2) is 0 Å². The lowest BCUT2D eigenvalue weighted by molar-refractivity contribution is 0.641. The molecule has 0 aliphatic carbocycles. The molecule has 0 bridgehead atoms. The van der Waals surface area contributed by atoms with Gasteiger partial charge in [0.25, 0.3) is 0 Å². The predicted octanol–water partition coefficient (Wildman–Crippen LogP) is 5.86. The third kappa shape index (κ3) is 5.80. The molecule has 1 heteroatoms. The molecular weight excluding hydrogens is 284 g/mol. The van der Waals surface area contributed by atoms with Gasteiger partial charge in [-0.05, 0) is 18.6 Å². The zero-order chi connectivity index (χ0) is 15.5. The molecular formula is C21H22S. The van der Waals surface area contributed by atoms with E-state index in [4.69, 9.17) is 0 Å². The Kier molecular flexibility index (Phi) is 7.37. The SMILES string of the molecule is CCCCCCCC#Cc1cscc1C#Cc1ccccc1. The van der Waals surface area contributed by atoms with Gasteiger partial charge in [0.15, 0.2) is 0 Å². The minimum atomic E-state index is 0.991. The van der Waals surface area contributed by atoms with Crippen LogP contribution >= 0.6 is 11.3 Å². The monoisotopic (exact) mass is 306 g/mol. The van der Waals surface area contributed by atoms with Gasteiger partial charge in [0.2, 0.25) is 0 Å². The second-order valence-corrected chi connectivity index (χ2v) is 6.02. The van der Waals surface area contributed by atoms with Crippen LogP contribution in [0.3, 0.4) is 0 Å². The van der Waals surface area contributed by atoms with Gasteiger partial charge in [-0.2, -0.15) is 0 Å². The molecule has 1 aromatic carbocycles. The third-order valence-electron chi connectivity index (χ3n) is 3.41. The quantitative estimate of drug-likeness (QED) is 0.479. The van der Waals surface area contributed by atoms with Crippen molar-refractivity contribution in [2.45, 2.75) is 45.4 Å². The van der Waals surface area contributed by atoms with Crippen molar-refractivity contribution in [2.75, 3.05) is 0 Å². The zero-order valence-electron chi connectivity index (χ0n) is 13.2. The molecule has 0 amide bonds. The number of unbranched alkanes of at least 4 members (excludes halogenated alkanes) is 5. The highest BCUT2D eigenvalue weighted by Crippen LogP contribution is 2.13. The Balaban J connectivity index is 1.89. The van der Waals surface area contributed by atoms with E-state index in [1.165, 1.54) is 32.1 Å². The molecule has 1 aromatic heterocycles. The van der Waals surface area contributed by atoms with Gasteiger partial charge in [-0.1, -0.05) is 74.5 Å². The molecule has 0 N–H and O–H groups in total. The molecule has 2 rings (SSSR count). The predicted molar refractivity (Wildman–Crippen MR) is 97.0 cm³/mol. The Morgan fingerprint density at radius 1 is 0.818 bits per heavy atom. The van der Waals surface area contributed by atoms with Crippen molar-refractivity contribution < 1.29 is 0 Å². The third-order valence-corrected chi connectivity index (χ3v) is 4.15. The van der Waals surface area contributed by atoms with Gasteiger partial charge in [-0.15, -0.1) is 11.3 Å². The maximum Gasteiger partial charge on any atom is 0.0512 e. The Morgan fingerprint density at radius 2 is 1.55 bits per heavy atom. The first-order chi connectivity index (χ1) is 10.9. The van der Waals surface area contributed by atoms with Gasteiger partial charge < -0.3 is 0 Å². The number of thiophene rings is 1. The van der Waals surface area contributed by atoms with E-state index in [1.54, 1.807) is 11.3 Å². The molecule has 0 nitrogen and oxygen atoms in total. The second kappa shape index (κ2) is 9.88. The van der Waals surface area contributed by atoms with Crippen molar-refractivity contribution in [1.29, 1.82) is 0 Å². The van der Waals surface area contributed by atoms with Gasteiger partial charge in [0.1, 0.15) is 0 Å². The fourth-order valence-corrected chi connectivity index (χ4v) is 2.84. The molecule has 0 spiro atoms. The fourth-order valence-electron chi connectivity index (χ4n) is 2.13. The van der Waals surface area contributed by atoms with E-state index in [0.29, 0.717) is 0 Å². The summed E-state index contributed by atoms with van der Waals surface area (Å²) >= 11 is 1.67. The lowest BCUT2D eigenvalue weighted by Gasteiger charge is -1.94. The molecule has 0 saturated heterocycles. The molecule has 0 unspecified atom stereocenters. The largest absolute Gasteiger partial charge is 0.150 e. The van der Waals surface area contributed by atoms with Gasteiger partial charge in [-0.3, -0.25) is 0 Å². The van der Waals surface area contributed by atoms with Crippen LogP contribution in [0, 0.1) is 23.7 Å². The van der Waals surface area contributed by atoms with Crippen LogP contribution < -0.4 is 0 Å². The van der Waals surface area contributed by atoms with Gasteiger partial charge in [-0.25, -0.2) is 0 Å². The maximum atomic E-state index is 3.29. The summed E-state index contributed by atoms with van der Waals surface area (Å²) in [7, 11) is 0. The Labute approximate surface area is 138 Å². The van der Waals surface area contributed by atoms with Crippen LogP contribution in [0.25, 0.3) is 0 Å². The maximum absolute atomic E-state index is 3.29. The van der Waals surface area contributed by atoms with Crippen molar-refractivity contribution in [1.82, 2.24) is 0 Å². The molecule has 112 valence electrons. The second-order valence-electron chi connectivity index (χ2n) is 5.28. The summed E-state index contributed by atoms with van der Waals surface area (Å²) in [6.45, 7) is 2.24. The summed E-state index contributed by atoms with van der Waals surface area (Å²) in [6, 6.07) is 10.1. The van der Waals surface area contributed by atoms with E-state index in [0.717, 1.165) is 23.1 Å². The first kappa shape index (κ1) is 16.4. The van der Waals surface area contributed by atoms with Crippen molar-refractivity contribution >= 4 is 11.3 Å². The highest BCUT2D eigenvalue weighted by atomic mass is 32.1. The van der Waals surface area contributed by atoms with Gasteiger partial charge in [0, 0.05) is 22.7 Å². The molecule has 0 aliphatic rings. The number of benzene rings is 1. The van der Waals surface area contributed by atoms with E-state index >= 15 is 0 Å². The van der Waals surface area contributed by atoms with E-state index in [1.807, 2.05) is 30.3 Å². The van der Waals surface area contributed by atoms with Crippen LogP contribution in [0.15, 0.2) is 41.1 Å². The van der Waals surface area contributed by atoms with Crippen molar-refractivity contribution in [3.05, 3.63) is 57.8 Å². The minimum Gasteiger partial charge on any atom is -0.150 e. The Bertz CT molecular complexity index is 671. The topological polar surface area (TPSA) is 0 Å². The average Bonchev–Trinajstić information content (AvgIpc) is 3.00. The number of hydrogen-bond acceptors (Lipinski definition) is 1. The molecule has 0 radical (unpaired) electrons. The van der Waals surface area contributed by atoms with E-state index in [-0.39, 0.29) is 0 Å². The van der Waals surface area contributed by atoms with E-state index < -0.39 is 0 Å². The Morgan fingerprint density at radius 3 is 2.32 bits per heavy atom. The van der Waals surface area contributed by atoms with Crippen LogP contribution in [0.1, 0.15) is 62.1 Å². The Hall–Kier alpha value is -1.96. The smallest absolute Gasteiger partial charge is 0.0512 e. The highest BCUT2D eigenvalue weighted by molar-refractivity contribution is 7.08. The minimum absolute atomic E-state index is 0.991. The van der Waals surface area contributed by atoms with E-state index in [2.05, 4.69) is 41.4 Å². The summed E-state index contributed by atoms with van der Waals surface area (Å²) in [5.74, 6) is 13.0. The molecule has 0 saturated carbocycles. The zero-order valence-corrected chi connectivity index (χ0v) is 14.0. The number of hydrogen-bond donors (Lipinski definition) is 0. The van der Waals surface area contributed by atoms with Gasteiger partial charge in [0.05, 0.1) is 11.1 Å². The summed E-state index contributed by atoms with van der Waals surface area (Å²) in [5.41, 5.74) is 3.16. The molecule has 1 heterocycles. The molecule has 0 atom stereocenters. The summed E-state index contributed by atoms with van der Waals surface area (Å²) < 4.78 is 0. The fraction of sp³-hybridized carbons (Fsp3) is 0.333. The lowest BCUT2D eigenvalue weighted by atomic mass is 10.1. The number of rotatable bonds is 5. The van der Waals surface area contributed by atoms with Gasteiger partial charge >= 0.3 is 0 Å². The van der Waals surface area contributed by atoms with Crippen molar-refractivity contribution in [3.8, 4) is 23.7 Å². The first-order valence-corrected chi connectivity index (χ1v) is 8.96. The standard InChI is InChI=1S/C21H22S/c1-2-3-4-5-6-7-11-14-20-17-22-18-21(20)16-15-19-12-9-8-10-13-19/h8-10,12-13,17-18H,2-7H2,1H3. The van der Waals surface area contributed by atoms with Crippen LogP contribution in [0.4, 0.5) is 0 Å². The van der Waals surface area contributed by atoms with Crippen LogP contribution in [-0.2, 0) is 0 Å². The van der Waals surface area contributed by atoms with Crippen molar-refractivity contribution in [3.63, 3.8) is 0 Å². The van der Waals surface area contributed by atoms with Crippen molar-refractivity contribution in [2.24, 2.45) is 0 Å². The first-order valence-electron chi connectivity index (χ1n) is 8.02. The molecule has 0 fully saturated rings. The molecule has 0 aliphatic heterocycles. The lowest BCUT2D eigenvalue weighted by Crippen LogP contribution is -1.78. The average molecular weight is 306 g/mol. The summed E-state index contributed by atoms with van der Waals surface area (Å²) in [4.78, 5) is 0. The summed E-state index contributed by atoms with van der Waals surface area (Å²) in [6.07, 6.45) is 7.48. The van der Waals surface area contributed by atoms with E-state index in [9.17, 15) is 0 Å². The summed E-state index contributed by atoms with van der Waals surface area (Å²) in [5, 5.41) is 4.18. The normalized spacial score (nSPS) is 9.50. The van der Waals surface area contributed by atoms with Crippen LogP contribution in [0.2, 0.25) is 0 Å². The highest BCUT2D eigenvalue weighted by Gasteiger charge is 1.97. The molecule has 2 aromatic rings. The molecule has 22 heavy (non-hydrogen) atoms.